The Morgan fingerprint density at radius 1 is 1.30 bits per heavy atom. The highest BCUT2D eigenvalue weighted by molar-refractivity contribution is 5.80. The number of pyridine rings is 1. The van der Waals surface area contributed by atoms with Gasteiger partial charge < -0.3 is 9.88 Å². The predicted molar refractivity (Wildman–Crippen MR) is 79.4 cm³/mol. The third-order valence-corrected chi connectivity index (χ3v) is 3.39. The summed E-state index contributed by atoms with van der Waals surface area (Å²) in [6.07, 6.45) is 7.98. The van der Waals surface area contributed by atoms with Crippen molar-refractivity contribution in [1.82, 2.24) is 24.6 Å². The minimum Gasteiger partial charge on any atom is -0.328 e. The van der Waals surface area contributed by atoms with Gasteiger partial charge in [-0.25, -0.2) is 4.98 Å². The molecule has 3 rings (SSSR count). The molecule has 0 saturated carbocycles. The Bertz CT molecular complexity index is 710. The van der Waals surface area contributed by atoms with Crippen molar-refractivity contribution in [3.05, 3.63) is 48.0 Å². The molecule has 0 atom stereocenters. The molecule has 0 bridgehead atoms. The Hall–Kier alpha value is -2.14. The van der Waals surface area contributed by atoms with E-state index < -0.39 is 0 Å². The summed E-state index contributed by atoms with van der Waals surface area (Å²) in [5.74, 6) is 0. The SMILES string of the molecule is CCNCc1cn(Cc2cnn(C)c2)c2ncccc12. The van der Waals surface area contributed by atoms with Crippen LogP contribution in [0.4, 0.5) is 0 Å². The molecule has 0 aliphatic carbocycles. The molecule has 104 valence electrons. The van der Waals surface area contributed by atoms with E-state index in [0.717, 1.165) is 25.3 Å². The summed E-state index contributed by atoms with van der Waals surface area (Å²) in [4.78, 5) is 4.52. The lowest BCUT2D eigenvalue weighted by atomic mass is 10.2. The van der Waals surface area contributed by atoms with Crippen LogP contribution in [0.3, 0.4) is 0 Å². The van der Waals surface area contributed by atoms with Crippen LogP contribution in [-0.4, -0.2) is 25.9 Å². The first kappa shape index (κ1) is 12.9. The number of nitrogens with one attached hydrogen (secondary N) is 1. The fraction of sp³-hybridized carbons (Fsp3) is 0.333. The highest BCUT2D eigenvalue weighted by atomic mass is 15.2. The standard InChI is InChI=1S/C15H19N5/c1-3-16-8-13-11-20(10-12-7-18-19(2)9-12)15-14(13)5-4-6-17-15/h4-7,9,11,16H,3,8,10H2,1-2H3. The van der Waals surface area contributed by atoms with Crippen molar-refractivity contribution in [3.8, 4) is 0 Å². The molecule has 1 N–H and O–H groups in total. The van der Waals surface area contributed by atoms with Crippen LogP contribution in [0.2, 0.25) is 0 Å². The van der Waals surface area contributed by atoms with Crippen molar-refractivity contribution in [2.75, 3.05) is 6.54 Å². The molecule has 0 aliphatic heterocycles. The second kappa shape index (κ2) is 5.46. The Balaban J connectivity index is 1.97. The second-order valence-corrected chi connectivity index (χ2v) is 4.96. The van der Waals surface area contributed by atoms with Gasteiger partial charge in [-0.2, -0.15) is 5.10 Å². The molecular formula is C15H19N5. The fourth-order valence-corrected chi connectivity index (χ4v) is 2.47. The molecule has 0 aliphatic rings. The normalized spacial score (nSPS) is 11.3. The second-order valence-electron chi connectivity index (χ2n) is 4.96. The van der Waals surface area contributed by atoms with E-state index in [9.17, 15) is 0 Å². The number of aryl methyl sites for hydroxylation is 1. The van der Waals surface area contributed by atoms with Gasteiger partial charge in [0.25, 0.3) is 0 Å². The maximum atomic E-state index is 4.52. The van der Waals surface area contributed by atoms with Gasteiger partial charge in [0.15, 0.2) is 0 Å². The first-order chi connectivity index (χ1) is 9.78. The van der Waals surface area contributed by atoms with Gasteiger partial charge in [0.1, 0.15) is 5.65 Å². The van der Waals surface area contributed by atoms with Crippen molar-refractivity contribution in [2.45, 2.75) is 20.0 Å². The van der Waals surface area contributed by atoms with Crippen LogP contribution in [-0.2, 0) is 20.1 Å². The predicted octanol–water partition coefficient (Wildman–Crippen LogP) is 1.93. The topological polar surface area (TPSA) is 47.7 Å². The summed E-state index contributed by atoms with van der Waals surface area (Å²) in [5, 5.41) is 8.82. The first-order valence-electron chi connectivity index (χ1n) is 6.89. The van der Waals surface area contributed by atoms with Gasteiger partial charge in [-0.15, -0.1) is 0 Å². The van der Waals surface area contributed by atoms with Crippen molar-refractivity contribution in [1.29, 1.82) is 0 Å². The van der Waals surface area contributed by atoms with Crippen LogP contribution >= 0.6 is 0 Å². The van der Waals surface area contributed by atoms with Gasteiger partial charge in [-0.1, -0.05) is 6.92 Å². The van der Waals surface area contributed by atoms with Crippen LogP contribution < -0.4 is 5.32 Å². The quantitative estimate of drug-likeness (QED) is 0.770. The molecule has 0 unspecified atom stereocenters. The van der Waals surface area contributed by atoms with E-state index in [4.69, 9.17) is 0 Å². The van der Waals surface area contributed by atoms with E-state index in [1.54, 1.807) is 0 Å². The molecule has 5 nitrogen and oxygen atoms in total. The maximum absolute atomic E-state index is 4.52. The molecule has 0 spiro atoms. The highest BCUT2D eigenvalue weighted by Gasteiger charge is 2.09. The summed E-state index contributed by atoms with van der Waals surface area (Å²) in [5.41, 5.74) is 3.51. The Morgan fingerprint density at radius 2 is 2.20 bits per heavy atom. The van der Waals surface area contributed by atoms with Gasteiger partial charge in [-0.3, -0.25) is 4.68 Å². The van der Waals surface area contributed by atoms with Crippen LogP contribution in [0.15, 0.2) is 36.9 Å². The van der Waals surface area contributed by atoms with Gasteiger partial charge in [0, 0.05) is 43.1 Å². The summed E-state index contributed by atoms with van der Waals surface area (Å²) in [6, 6.07) is 4.13. The van der Waals surface area contributed by atoms with E-state index >= 15 is 0 Å². The summed E-state index contributed by atoms with van der Waals surface area (Å²) >= 11 is 0. The Morgan fingerprint density at radius 3 is 2.95 bits per heavy atom. The Labute approximate surface area is 118 Å². The average Bonchev–Trinajstić information content (AvgIpc) is 3.02. The van der Waals surface area contributed by atoms with E-state index in [0.29, 0.717) is 0 Å². The van der Waals surface area contributed by atoms with Gasteiger partial charge >= 0.3 is 0 Å². The van der Waals surface area contributed by atoms with Crippen LogP contribution in [0.1, 0.15) is 18.1 Å². The van der Waals surface area contributed by atoms with Gasteiger partial charge in [-0.05, 0) is 24.2 Å². The van der Waals surface area contributed by atoms with Crippen LogP contribution in [0.5, 0.6) is 0 Å². The third kappa shape index (κ3) is 2.44. The average molecular weight is 269 g/mol. The van der Waals surface area contributed by atoms with Crippen molar-refractivity contribution < 1.29 is 0 Å². The van der Waals surface area contributed by atoms with Crippen LogP contribution in [0.25, 0.3) is 11.0 Å². The zero-order chi connectivity index (χ0) is 13.9. The minimum atomic E-state index is 0.799. The minimum absolute atomic E-state index is 0.799. The Kier molecular flexibility index (Phi) is 3.52. The van der Waals surface area contributed by atoms with Crippen molar-refractivity contribution in [3.63, 3.8) is 0 Å². The molecule has 20 heavy (non-hydrogen) atoms. The zero-order valence-electron chi connectivity index (χ0n) is 11.9. The molecule has 0 saturated heterocycles. The number of nitrogens with zero attached hydrogens (tertiary/aromatic N) is 4. The third-order valence-electron chi connectivity index (χ3n) is 3.39. The fourth-order valence-electron chi connectivity index (χ4n) is 2.47. The lowest BCUT2D eigenvalue weighted by Crippen LogP contribution is -2.11. The molecule has 3 aromatic heterocycles. The number of hydrogen-bond donors (Lipinski definition) is 1. The largest absolute Gasteiger partial charge is 0.328 e. The molecule has 3 heterocycles. The molecule has 0 fully saturated rings. The lowest BCUT2D eigenvalue weighted by Gasteiger charge is -2.01. The smallest absolute Gasteiger partial charge is 0.140 e. The van der Waals surface area contributed by atoms with E-state index in [-0.39, 0.29) is 0 Å². The first-order valence-corrected chi connectivity index (χ1v) is 6.89. The van der Waals surface area contributed by atoms with Gasteiger partial charge in [0.05, 0.1) is 12.7 Å². The monoisotopic (exact) mass is 269 g/mol. The summed E-state index contributed by atoms with van der Waals surface area (Å²) in [6.45, 7) is 4.76. The van der Waals surface area contributed by atoms with Gasteiger partial charge in [0.2, 0.25) is 0 Å². The number of aromatic nitrogens is 4. The summed E-state index contributed by atoms with van der Waals surface area (Å²) in [7, 11) is 1.94. The number of fused-ring (bicyclic) bond motifs is 1. The molecule has 5 heteroatoms. The van der Waals surface area contributed by atoms with Crippen molar-refractivity contribution in [2.24, 2.45) is 7.05 Å². The lowest BCUT2D eigenvalue weighted by molar-refractivity contribution is 0.723. The molecule has 0 radical (unpaired) electrons. The van der Waals surface area contributed by atoms with E-state index in [1.165, 1.54) is 16.5 Å². The molecule has 0 aromatic carbocycles. The maximum Gasteiger partial charge on any atom is 0.140 e. The van der Waals surface area contributed by atoms with Crippen molar-refractivity contribution >= 4 is 11.0 Å². The molecule has 3 aromatic rings. The summed E-state index contributed by atoms with van der Waals surface area (Å²) < 4.78 is 4.02. The number of hydrogen-bond acceptors (Lipinski definition) is 3. The molecule has 0 amide bonds. The molecular weight excluding hydrogens is 250 g/mol. The van der Waals surface area contributed by atoms with Crippen LogP contribution in [0, 0.1) is 0 Å². The number of rotatable bonds is 5. The zero-order valence-corrected chi connectivity index (χ0v) is 11.9. The highest BCUT2D eigenvalue weighted by Crippen LogP contribution is 2.20. The van der Waals surface area contributed by atoms with E-state index in [2.05, 4.69) is 39.2 Å². The van der Waals surface area contributed by atoms with E-state index in [1.807, 2.05) is 36.4 Å².